The highest BCUT2D eigenvalue weighted by molar-refractivity contribution is 6.21. The van der Waals surface area contributed by atoms with Gasteiger partial charge in [0.25, 0.3) is 17.7 Å². The van der Waals surface area contributed by atoms with E-state index in [1.165, 1.54) is 12.0 Å². The highest BCUT2D eigenvalue weighted by Crippen LogP contribution is 2.26. The zero-order valence-electron chi connectivity index (χ0n) is 16.2. The van der Waals surface area contributed by atoms with Crippen LogP contribution in [0, 0.1) is 0 Å². The van der Waals surface area contributed by atoms with Gasteiger partial charge in [0.05, 0.1) is 30.3 Å². The van der Waals surface area contributed by atoms with Crippen molar-refractivity contribution >= 4 is 17.7 Å². The number of piperidine rings is 1. The number of hydrogen-bond donors (Lipinski definition) is 2. The molecule has 1 saturated heterocycles. The molecule has 29 heavy (non-hydrogen) atoms. The second kappa shape index (κ2) is 8.05. The highest BCUT2D eigenvalue weighted by Gasteiger charge is 2.35. The van der Waals surface area contributed by atoms with Crippen molar-refractivity contribution in [1.82, 2.24) is 15.5 Å². The molecule has 7 heteroatoms. The Labute approximate surface area is 169 Å². The fraction of sp³-hybridized carbons (Fsp3) is 0.318. The molecule has 3 amide bonds. The van der Waals surface area contributed by atoms with Gasteiger partial charge in [0, 0.05) is 12.6 Å². The predicted octanol–water partition coefficient (Wildman–Crippen LogP) is 1.97. The van der Waals surface area contributed by atoms with E-state index in [1.807, 2.05) is 0 Å². The molecule has 7 nitrogen and oxygen atoms in total. The lowest BCUT2D eigenvalue weighted by molar-refractivity contribution is 0.0642. The van der Waals surface area contributed by atoms with E-state index < -0.39 is 0 Å². The summed E-state index contributed by atoms with van der Waals surface area (Å²) in [6, 6.07) is 12.0. The summed E-state index contributed by atoms with van der Waals surface area (Å²) in [7, 11) is 1.51. The van der Waals surface area contributed by atoms with E-state index in [9.17, 15) is 14.4 Å². The summed E-state index contributed by atoms with van der Waals surface area (Å²) in [4.78, 5) is 39.3. The van der Waals surface area contributed by atoms with Crippen molar-refractivity contribution in [3.63, 3.8) is 0 Å². The van der Waals surface area contributed by atoms with E-state index in [-0.39, 0.29) is 30.3 Å². The van der Waals surface area contributed by atoms with Crippen molar-refractivity contribution in [2.75, 3.05) is 20.2 Å². The number of nitrogens with zero attached hydrogens (tertiary/aromatic N) is 1. The van der Waals surface area contributed by atoms with Gasteiger partial charge in [-0.3, -0.25) is 19.3 Å². The summed E-state index contributed by atoms with van der Waals surface area (Å²) in [6.45, 7) is 1.80. The number of rotatable bonds is 5. The number of carbonyl (C=O) groups excluding carboxylic acids is 3. The first-order valence-electron chi connectivity index (χ1n) is 9.72. The minimum atomic E-state index is -0.319. The van der Waals surface area contributed by atoms with Crippen LogP contribution in [0.4, 0.5) is 0 Å². The van der Waals surface area contributed by atoms with E-state index in [2.05, 4.69) is 10.6 Å². The fourth-order valence-electron chi connectivity index (χ4n) is 3.83. The Morgan fingerprint density at radius 3 is 2.52 bits per heavy atom. The number of amides is 3. The molecule has 0 aliphatic carbocycles. The molecular weight excluding hydrogens is 370 g/mol. The number of carbonyl (C=O) groups is 3. The lowest BCUT2D eigenvalue weighted by atomic mass is 10.1. The van der Waals surface area contributed by atoms with Crippen molar-refractivity contribution in [1.29, 1.82) is 0 Å². The van der Waals surface area contributed by atoms with Gasteiger partial charge in [0.15, 0.2) is 0 Å². The maximum absolute atomic E-state index is 12.8. The average Bonchev–Trinajstić information content (AvgIpc) is 2.99. The van der Waals surface area contributed by atoms with Crippen LogP contribution in [-0.4, -0.2) is 48.9 Å². The van der Waals surface area contributed by atoms with Crippen LogP contribution in [0.5, 0.6) is 5.75 Å². The number of nitrogens with one attached hydrogen (secondary N) is 2. The first kappa shape index (κ1) is 19.1. The molecule has 150 valence electrons. The lowest BCUT2D eigenvalue weighted by Crippen LogP contribution is -2.45. The van der Waals surface area contributed by atoms with Crippen LogP contribution < -0.4 is 15.4 Å². The molecule has 1 atom stereocenters. The molecule has 2 aromatic carbocycles. The van der Waals surface area contributed by atoms with Crippen molar-refractivity contribution in [3.8, 4) is 5.75 Å². The van der Waals surface area contributed by atoms with E-state index in [4.69, 9.17) is 4.74 Å². The molecule has 2 N–H and O–H groups in total. The average molecular weight is 393 g/mol. The Morgan fingerprint density at radius 2 is 1.90 bits per heavy atom. The molecule has 0 bridgehead atoms. The lowest BCUT2D eigenvalue weighted by Gasteiger charge is -2.24. The molecule has 0 spiro atoms. The third-order valence-corrected chi connectivity index (χ3v) is 5.36. The highest BCUT2D eigenvalue weighted by atomic mass is 16.5. The number of imide groups is 1. The van der Waals surface area contributed by atoms with Gasteiger partial charge in [-0.25, -0.2) is 0 Å². The van der Waals surface area contributed by atoms with Crippen molar-refractivity contribution in [3.05, 3.63) is 64.7 Å². The van der Waals surface area contributed by atoms with Gasteiger partial charge in [-0.2, -0.15) is 0 Å². The van der Waals surface area contributed by atoms with Crippen LogP contribution in [0.25, 0.3) is 0 Å². The van der Waals surface area contributed by atoms with Gasteiger partial charge in [-0.05, 0) is 49.2 Å². The second-order valence-corrected chi connectivity index (χ2v) is 7.29. The first-order chi connectivity index (χ1) is 14.1. The SMILES string of the molecule is COc1ccc(CN2C(=O)c3ccccc3C2=O)cc1C(=O)NC1CCCNC1. The van der Waals surface area contributed by atoms with Gasteiger partial charge in [0.2, 0.25) is 0 Å². The molecule has 0 saturated carbocycles. The number of fused-ring (bicyclic) bond motifs is 1. The van der Waals surface area contributed by atoms with Gasteiger partial charge < -0.3 is 15.4 Å². The quantitative estimate of drug-likeness (QED) is 0.759. The standard InChI is InChI=1S/C22H23N3O4/c1-29-19-9-8-14(11-18(19)20(26)24-15-5-4-10-23-12-15)13-25-21(27)16-6-2-3-7-17(16)22(25)28/h2-3,6-9,11,15,23H,4-5,10,12-13H2,1H3,(H,24,26). The number of ether oxygens (including phenoxy) is 1. The van der Waals surface area contributed by atoms with Gasteiger partial charge in [-0.1, -0.05) is 18.2 Å². The summed E-state index contributed by atoms with van der Waals surface area (Å²) >= 11 is 0. The summed E-state index contributed by atoms with van der Waals surface area (Å²) in [5, 5.41) is 6.30. The molecule has 2 aliphatic rings. The molecule has 2 aromatic rings. The molecule has 0 aromatic heterocycles. The fourth-order valence-corrected chi connectivity index (χ4v) is 3.83. The summed E-state index contributed by atoms with van der Waals surface area (Å²) in [5.74, 6) is -0.404. The van der Waals surface area contributed by atoms with Crippen LogP contribution >= 0.6 is 0 Å². The Balaban J connectivity index is 1.55. The zero-order chi connectivity index (χ0) is 20.4. The normalized spacial score (nSPS) is 18.5. The summed E-state index contributed by atoms with van der Waals surface area (Å²) in [6.07, 6.45) is 1.94. The molecule has 2 aliphatic heterocycles. The molecule has 1 unspecified atom stereocenters. The van der Waals surface area contributed by atoms with E-state index in [1.54, 1.807) is 42.5 Å². The van der Waals surface area contributed by atoms with Crippen LogP contribution in [0.3, 0.4) is 0 Å². The molecule has 2 heterocycles. The second-order valence-electron chi connectivity index (χ2n) is 7.29. The third-order valence-electron chi connectivity index (χ3n) is 5.36. The Hall–Kier alpha value is -3.19. The summed E-state index contributed by atoms with van der Waals surface area (Å²) < 4.78 is 5.35. The largest absolute Gasteiger partial charge is 0.496 e. The number of benzene rings is 2. The van der Waals surface area contributed by atoms with Crippen LogP contribution in [0.2, 0.25) is 0 Å². The Morgan fingerprint density at radius 1 is 1.17 bits per heavy atom. The number of methoxy groups -OCH3 is 1. The van der Waals surface area contributed by atoms with E-state index >= 15 is 0 Å². The third kappa shape index (κ3) is 3.73. The van der Waals surface area contributed by atoms with Gasteiger partial charge in [0.1, 0.15) is 5.75 Å². The van der Waals surface area contributed by atoms with Crippen LogP contribution in [0.15, 0.2) is 42.5 Å². The molecule has 4 rings (SSSR count). The molecule has 0 radical (unpaired) electrons. The monoisotopic (exact) mass is 393 g/mol. The van der Waals surface area contributed by atoms with Crippen molar-refractivity contribution in [2.24, 2.45) is 0 Å². The van der Waals surface area contributed by atoms with E-state index in [0.29, 0.717) is 28.0 Å². The number of hydrogen-bond acceptors (Lipinski definition) is 5. The molecular formula is C22H23N3O4. The Kier molecular flexibility index (Phi) is 5.31. The van der Waals surface area contributed by atoms with Gasteiger partial charge >= 0.3 is 0 Å². The maximum Gasteiger partial charge on any atom is 0.261 e. The first-order valence-corrected chi connectivity index (χ1v) is 9.72. The minimum absolute atomic E-state index is 0.0702. The van der Waals surface area contributed by atoms with Crippen LogP contribution in [-0.2, 0) is 6.54 Å². The minimum Gasteiger partial charge on any atom is -0.496 e. The zero-order valence-corrected chi connectivity index (χ0v) is 16.2. The topological polar surface area (TPSA) is 87.7 Å². The summed E-state index contributed by atoms with van der Waals surface area (Å²) in [5.41, 5.74) is 1.90. The van der Waals surface area contributed by atoms with E-state index in [0.717, 1.165) is 25.9 Å². The predicted molar refractivity (Wildman–Crippen MR) is 107 cm³/mol. The van der Waals surface area contributed by atoms with Crippen molar-refractivity contribution < 1.29 is 19.1 Å². The Bertz CT molecular complexity index is 931. The van der Waals surface area contributed by atoms with Crippen molar-refractivity contribution in [2.45, 2.75) is 25.4 Å². The maximum atomic E-state index is 12.8. The smallest absolute Gasteiger partial charge is 0.261 e. The van der Waals surface area contributed by atoms with Crippen LogP contribution in [0.1, 0.15) is 49.5 Å². The van der Waals surface area contributed by atoms with Gasteiger partial charge in [-0.15, -0.1) is 0 Å². The molecule has 1 fully saturated rings.